The largest absolute Gasteiger partial charge is 0.760 e. The van der Waals surface area contributed by atoms with E-state index in [1.165, 1.54) is 7.05 Å². The molecule has 0 amide bonds. The Balaban J connectivity index is 0.000000336. The van der Waals surface area contributed by atoms with Gasteiger partial charge in [-0.2, -0.15) is 0 Å². The highest BCUT2D eigenvalue weighted by atomic mass is 32.2. The van der Waals surface area contributed by atoms with Gasteiger partial charge in [0.2, 0.25) is 0 Å². The third-order valence-electron chi connectivity index (χ3n) is 1.65. The molecule has 1 aromatic rings. The van der Waals surface area contributed by atoms with E-state index in [0.717, 1.165) is 17.0 Å². The lowest BCUT2D eigenvalue weighted by Gasteiger charge is -2.02. The number of nitrogen functional groups attached to an aromatic ring is 1. The van der Waals surface area contributed by atoms with Crippen LogP contribution in [-0.4, -0.2) is 22.9 Å². The Morgan fingerprint density at radius 1 is 1.53 bits per heavy atom. The molecule has 5 nitrogen and oxygen atoms in total. The first-order valence-corrected chi connectivity index (χ1v) is 5.25. The molecule has 1 atom stereocenters. The van der Waals surface area contributed by atoms with Crippen molar-refractivity contribution in [2.45, 2.75) is 6.92 Å². The Labute approximate surface area is 92.0 Å². The topological polar surface area (TPSA) is 87.4 Å². The molecule has 0 aromatic heterocycles. The molecule has 1 aromatic carbocycles. The van der Waals surface area contributed by atoms with Crippen LogP contribution in [0.1, 0.15) is 5.56 Å². The number of benzene rings is 1. The average molecular weight is 231 g/mol. The molecule has 86 valence electrons. The predicted octanol–water partition coefficient (Wildman–Crippen LogP) is 0.586. The Kier molecular flexibility index (Phi) is 6.68. The summed E-state index contributed by atoms with van der Waals surface area (Å²) in [5, 5.41) is 0. The van der Waals surface area contributed by atoms with Crippen molar-refractivity contribution in [1.82, 2.24) is 4.72 Å². The van der Waals surface area contributed by atoms with Gasteiger partial charge in [0.05, 0.1) is 7.11 Å². The summed E-state index contributed by atoms with van der Waals surface area (Å²) >= 11 is -2.07. The molecule has 0 saturated heterocycles. The smallest absolute Gasteiger partial charge is 0.120 e. The Bertz CT molecular complexity index is 331. The fourth-order valence-corrected chi connectivity index (χ4v) is 0.746. The summed E-state index contributed by atoms with van der Waals surface area (Å²) in [4.78, 5) is 0. The van der Waals surface area contributed by atoms with Crippen LogP contribution >= 0.6 is 0 Å². The second kappa shape index (κ2) is 7.22. The molecule has 0 saturated carbocycles. The summed E-state index contributed by atoms with van der Waals surface area (Å²) < 4.78 is 25.4. The maximum absolute atomic E-state index is 9.26. The maximum Gasteiger partial charge on any atom is 0.120 e. The second-order valence-electron chi connectivity index (χ2n) is 2.66. The van der Waals surface area contributed by atoms with Crippen molar-refractivity contribution in [3.8, 4) is 5.75 Å². The molecule has 0 heterocycles. The van der Waals surface area contributed by atoms with Crippen molar-refractivity contribution < 1.29 is 13.5 Å². The highest BCUT2D eigenvalue weighted by Gasteiger charge is 1.93. The van der Waals surface area contributed by atoms with Gasteiger partial charge >= 0.3 is 0 Å². The van der Waals surface area contributed by atoms with E-state index in [1.807, 2.05) is 29.8 Å². The summed E-state index contributed by atoms with van der Waals surface area (Å²) in [6.07, 6.45) is 0. The molecular weight excluding hydrogens is 216 g/mol. The van der Waals surface area contributed by atoms with Gasteiger partial charge in [0.15, 0.2) is 0 Å². The van der Waals surface area contributed by atoms with Crippen LogP contribution < -0.4 is 15.2 Å². The summed E-state index contributed by atoms with van der Waals surface area (Å²) in [5.74, 6) is 0.808. The van der Waals surface area contributed by atoms with E-state index < -0.39 is 11.3 Å². The molecule has 0 fully saturated rings. The molecule has 0 spiro atoms. The minimum absolute atomic E-state index is 0.777. The average Bonchev–Trinajstić information content (AvgIpc) is 2.23. The van der Waals surface area contributed by atoms with Gasteiger partial charge in [-0.3, -0.25) is 8.93 Å². The summed E-state index contributed by atoms with van der Waals surface area (Å²) in [6, 6.07) is 5.65. The van der Waals surface area contributed by atoms with Crippen molar-refractivity contribution in [3.63, 3.8) is 0 Å². The van der Waals surface area contributed by atoms with Crippen LogP contribution in [0.3, 0.4) is 0 Å². The normalized spacial score (nSPS) is 11.2. The molecule has 0 bridgehead atoms. The second-order valence-corrected chi connectivity index (χ2v) is 3.54. The van der Waals surface area contributed by atoms with Gasteiger partial charge < -0.3 is 15.0 Å². The van der Waals surface area contributed by atoms with E-state index in [9.17, 15) is 8.76 Å². The van der Waals surface area contributed by atoms with Crippen molar-refractivity contribution in [1.29, 1.82) is 0 Å². The van der Waals surface area contributed by atoms with Gasteiger partial charge in [0.25, 0.3) is 0 Å². The van der Waals surface area contributed by atoms with E-state index in [2.05, 4.69) is 0 Å². The SMILES string of the molecule is CNS(=O)[O-].COc1ccc(C)c(N)c1. The van der Waals surface area contributed by atoms with Crippen molar-refractivity contribution in [2.75, 3.05) is 19.9 Å². The molecule has 0 aliphatic carbocycles. The van der Waals surface area contributed by atoms with Gasteiger partial charge in [-0.15, -0.1) is 0 Å². The van der Waals surface area contributed by atoms with Crippen LogP contribution in [-0.2, 0) is 11.3 Å². The van der Waals surface area contributed by atoms with E-state index in [-0.39, 0.29) is 0 Å². The van der Waals surface area contributed by atoms with Crippen LogP contribution in [0.2, 0.25) is 0 Å². The first-order chi connectivity index (χ1) is 7.01. The Morgan fingerprint density at radius 3 is 2.40 bits per heavy atom. The van der Waals surface area contributed by atoms with Crippen molar-refractivity contribution in [2.24, 2.45) is 0 Å². The van der Waals surface area contributed by atoms with Crippen molar-refractivity contribution in [3.05, 3.63) is 23.8 Å². The van der Waals surface area contributed by atoms with E-state index in [0.29, 0.717) is 0 Å². The first-order valence-electron chi connectivity index (χ1n) is 4.18. The van der Waals surface area contributed by atoms with Gasteiger partial charge in [-0.1, -0.05) is 6.07 Å². The number of hydrogen-bond acceptors (Lipinski definition) is 4. The number of ether oxygens (including phenoxy) is 1. The van der Waals surface area contributed by atoms with Crippen molar-refractivity contribution >= 4 is 17.0 Å². The number of nitrogens with two attached hydrogens (primary N) is 1. The molecule has 0 aliphatic heterocycles. The number of aryl methyl sites for hydroxylation is 1. The zero-order valence-electron chi connectivity index (χ0n) is 8.94. The number of methoxy groups -OCH3 is 1. The first kappa shape index (κ1) is 13.9. The Hall–Kier alpha value is -1.11. The lowest BCUT2D eigenvalue weighted by atomic mass is 10.2. The Morgan fingerprint density at radius 2 is 2.07 bits per heavy atom. The molecule has 1 unspecified atom stereocenters. The minimum Gasteiger partial charge on any atom is -0.760 e. The molecular formula is C9H15N2O3S-. The third-order valence-corrected chi connectivity index (χ3v) is 1.99. The monoisotopic (exact) mass is 231 g/mol. The lowest BCUT2D eigenvalue weighted by Crippen LogP contribution is -2.07. The highest BCUT2D eigenvalue weighted by Crippen LogP contribution is 2.17. The fourth-order valence-electron chi connectivity index (χ4n) is 0.746. The molecule has 6 heteroatoms. The number of nitrogens with one attached hydrogen (secondary N) is 1. The maximum atomic E-state index is 9.26. The lowest BCUT2D eigenvalue weighted by molar-refractivity contribution is 0.415. The quantitative estimate of drug-likeness (QED) is 0.576. The van der Waals surface area contributed by atoms with E-state index in [1.54, 1.807) is 7.11 Å². The summed E-state index contributed by atoms with van der Waals surface area (Å²) in [6.45, 7) is 1.97. The van der Waals surface area contributed by atoms with Crippen LogP contribution in [0, 0.1) is 6.92 Å². The molecule has 0 radical (unpaired) electrons. The van der Waals surface area contributed by atoms with Gasteiger partial charge in [0.1, 0.15) is 5.75 Å². The van der Waals surface area contributed by atoms with Crippen LogP contribution in [0.5, 0.6) is 5.75 Å². The van der Waals surface area contributed by atoms with E-state index in [4.69, 9.17) is 10.5 Å². The fraction of sp³-hybridized carbons (Fsp3) is 0.333. The van der Waals surface area contributed by atoms with Crippen LogP contribution in [0.4, 0.5) is 5.69 Å². The number of hydrogen-bond donors (Lipinski definition) is 2. The number of rotatable bonds is 2. The molecule has 0 aliphatic rings. The van der Waals surface area contributed by atoms with Crippen LogP contribution in [0.25, 0.3) is 0 Å². The zero-order valence-corrected chi connectivity index (χ0v) is 9.76. The summed E-state index contributed by atoms with van der Waals surface area (Å²) in [7, 11) is 2.97. The molecule has 3 N–H and O–H groups in total. The van der Waals surface area contributed by atoms with Gasteiger partial charge in [0, 0.05) is 23.0 Å². The van der Waals surface area contributed by atoms with Crippen LogP contribution in [0.15, 0.2) is 18.2 Å². The molecule has 15 heavy (non-hydrogen) atoms. The number of anilines is 1. The van der Waals surface area contributed by atoms with E-state index >= 15 is 0 Å². The third kappa shape index (κ3) is 6.05. The summed E-state index contributed by atoms with van der Waals surface area (Å²) in [5.41, 5.74) is 7.48. The minimum atomic E-state index is -2.07. The van der Waals surface area contributed by atoms with Gasteiger partial charge in [-0.05, 0) is 25.6 Å². The zero-order chi connectivity index (χ0) is 11.8. The highest BCUT2D eigenvalue weighted by molar-refractivity contribution is 7.77. The standard InChI is InChI=1S/C8H11NO.CH5NO2S/c1-6-3-4-7(10-2)5-8(6)9;1-2-5(3)4/h3-5H,9H2,1-2H3;2H,1H3,(H,3,4)/p-1. The molecule has 1 rings (SSSR count). The predicted molar refractivity (Wildman–Crippen MR) is 60.1 cm³/mol. The van der Waals surface area contributed by atoms with Gasteiger partial charge in [-0.25, -0.2) is 0 Å².